The van der Waals surface area contributed by atoms with Gasteiger partial charge < -0.3 is 34.8 Å². The van der Waals surface area contributed by atoms with Crippen LogP contribution in [-0.2, 0) is 33.9 Å². The number of carboxylic acid groups (broad SMARTS) is 1. The van der Waals surface area contributed by atoms with Crippen LogP contribution >= 0.6 is 23.2 Å². The van der Waals surface area contributed by atoms with Gasteiger partial charge in [-0.2, -0.15) is 9.40 Å². The number of hydrogen-bond acceptors (Lipinski definition) is 12. The first kappa shape index (κ1) is 57.3. The van der Waals surface area contributed by atoms with Gasteiger partial charge in [-0.1, -0.05) is 75.2 Å². The number of piperidine rings is 1. The smallest absolute Gasteiger partial charge is 0.304 e. The maximum absolute atomic E-state index is 15.8. The van der Waals surface area contributed by atoms with Crippen LogP contribution in [0.1, 0.15) is 98.4 Å². The molecule has 3 saturated heterocycles. The number of rotatable bonds is 17. The van der Waals surface area contributed by atoms with Crippen LogP contribution in [0.15, 0.2) is 91.5 Å². The molecule has 20 nitrogen and oxygen atoms in total. The van der Waals surface area contributed by atoms with E-state index in [2.05, 4.69) is 20.5 Å². The predicted molar refractivity (Wildman–Crippen MR) is 301 cm³/mol. The molecule has 428 valence electrons. The molecule has 4 aliphatic rings. The molecule has 6 heterocycles. The van der Waals surface area contributed by atoms with Gasteiger partial charge in [0.05, 0.1) is 59.1 Å². The topological polar surface area (TPSA) is 236 Å². The Kier molecular flexibility index (Phi) is 16.3. The van der Waals surface area contributed by atoms with E-state index in [1.165, 1.54) is 26.2 Å². The van der Waals surface area contributed by atoms with E-state index in [1.54, 1.807) is 83.8 Å². The summed E-state index contributed by atoms with van der Waals surface area (Å²) >= 11 is 12.9. The van der Waals surface area contributed by atoms with Crippen LogP contribution in [0, 0.1) is 16.6 Å². The average Bonchev–Trinajstić information content (AvgIpc) is 3.99. The lowest BCUT2D eigenvalue weighted by Crippen LogP contribution is -2.62. The number of aromatic nitrogens is 5. The maximum Gasteiger partial charge on any atom is 0.304 e. The van der Waals surface area contributed by atoms with Gasteiger partial charge in [-0.3, -0.25) is 33.5 Å². The fraction of sp³-hybridized carbons (Fsp3) is 0.439. The molecule has 4 amide bonds. The van der Waals surface area contributed by atoms with Crippen molar-refractivity contribution in [3.63, 3.8) is 0 Å². The molecule has 3 aromatic carbocycles. The highest BCUT2D eigenvalue weighted by Gasteiger charge is 2.55. The molecule has 0 spiro atoms. The highest BCUT2D eigenvalue weighted by atomic mass is 35.5. The lowest BCUT2D eigenvalue weighted by atomic mass is 9.66. The number of carbonyl (C=O) groups is 5. The first-order valence-corrected chi connectivity index (χ1v) is 29.3. The van der Waals surface area contributed by atoms with Crippen LogP contribution in [-0.4, -0.2) is 169 Å². The fourth-order valence-corrected chi connectivity index (χ4v) is 13.7. The van der Waals surface area contributed by atoms with Gasteiger partial charge in [0, 0.05) is 97.8 Å². The lowest BCUT2D eigenvalue weighted by Gasteiger charge is -2.54. The molecule has 24 heteroatoms. The number of carbonyl (C=O) groups excluding carboxylic acids is 4. The summed E-state index contributed by atoms with van der Waals surface area (Å²) in [6.45, 7) is 7.16. The van der Waals surface area contributed by atoms with Crippen LogP contribution in [0.4, 0.5) is 15.9 Å². The Morgan fingerprint density at radius 1 is 0.877 bits per heavy atom. The van der Waals surface area contributed by atoms with Crippen molar-refractivity contribution in [3.8, 4) is 11.3 Å². The molecular weight excluding hydrogens is 1100 g/mol. The Morgan fingerprint density at radius 3 is 2.15 bits per heavy atom. The zero-order valence-corrected chi connectivity index (χ0v) is 47.7. The third-order valence-electron chi connectivity index (χ3n) is 16.0. The minimum atomic E-state index is -4.13. The highest BCUT2D eigenvalue weighted by molar-refractivity contribution is 7.89. The summed E-state index contributed by atoms with van der Waals surface area (Å²) in [7, 11) is -4.13. The van der Waals surface area contributed by atoms with E-state index in [1.807, 2.05) is 37.4 Å². The molecule has 3 N–H and O–H groups in total. The largest absolute Gasteiger partial charge is 0.481 e. The van der Waals surface area contributed by atoms with E-state index in [9.17, 15) is 32.7 Å². The Hall–Kier alpha value is -6.98. The summed E-state index contributed by atoms with van der Waals surface area (Å²) in [6.07, 6.45) is 8.82. The minimum Gasteiger partial charge on any atom is -0.481 e. The van der Waals surface area contributed by atoms with Crippen LogP contribution in [0.3, 0.4) is 0 Å². The number of hydrogen-bond donors (Lipinski definition) is 3. The molecule has 3 aromatic heterocycles. The van der Waals surface area contributed by atoms with E-state index >= 15 is 9.18 Å². The Labute approximate surface area is 478 Å². The number of nitrogens with one attached hydrogen (secondary N) is 2. The van der Waals surface area contributed by atoms with Gasteiger partial charge in [0.2, 0.25) is 27.7 Å². The molecule has 3 aliphatic heterocycles. The van der Waals surface area contributed by atoms with E-state index in [0.717, 1.165) is 35.4 Å². The number of anilines is 2. The zero-order valence-electron chi connectivity index (χ0n) is 45.4. The lowest BCUT2D eigenvalue weighted by molar-refractivity contribution is -0.162. The molecule has 4 fully saturated rings. The summed E-state index contributed by atoms with van der Waals surface area (Å²) in [5.41, 5.74) is 2.48. The van der Waals surface area contributed by atoms with Crippen LogP contribution in [0.25, 0.3) is 16.9 Å². The van der Waals surface area contributed by atoms with Crippen molar-refractivity contribution in [3.05, 3.63) is 130 Å². The number of amides is 4. The number of ether oxygens (including phenoxy) is 1. The Balaban J connectivity index is 0.723. The van der Waals surface area contributed by atoms with Crippen molar-refractivity contribution >= 4 is 80.0 Å². The third kappa shape index (κ3) is 12.4. The Bertz CT molecular complexity index is 3470. The normalized spacial score (nSPS) is 20.7. The molecular formula is C57H64Cl2FN11O9S. The van der Waals surface area contributed by atoms with Gasteiger partial charge in [0.15, 0.2) is 11.5 Å². The van der Waals surface area contributed by atoms with Gasteiger partial charge >= 0.3 is 5.97 Å². The van der Waals surface area contributed by atoms with Crippen LogP contribution in [0.5, 0.6) is 0 Å². The molecule has 0 radical (unpaired) electrons. The van der Waals surface area contributed by atoms with E-state index in [4.69, 9.17) is 32.9 Å². The standard InChI is InChI=1S/C57H64Cl2FN11O9S/c1-56(2,3)47(71-51(36-10-13-40(58)14-11-36)42(37-6-5-7-41(59)24-37)26-57(4,55(71)77)27-50(74)75)34-81(78,79)69-22-20-67(21-23-69)49(73)33-80-32-48(72)66-16-18-68(19-17-66)54(76)38-12-15-44(43(60)25-38)64-52-53-61-30-46(39-28-62-63-29-39)70(53)31-45(65-52)35-8-9-35/h5-7,10-15,24-25,28-31,35,42,47,51H,8-9,16-23,26-27,32-34H2,1-4H3,(H,62,63)(H,64,65)(H,74,75)/t42-,47-,51-,57-/m1/s1. The number of aromatic amines is 1. The Morgan fingerprint density at radius 2 is 1.54 bits per heavy atom. The van der Waals surface area contributed by atoms with Gasteiger partial charge in [0.25, 0.3) is 5.91 Å². The SMILES string of the molecule is CC(C)(C)[C@@H](CS(=O)(=O)N1CCN(C(=O)COCC(=O)N2CCN(C(=O)c3ccc(Nc4nc(C5CC5)cn5c(-c6cn[nH]c6)cnc45)c(F)c3)CC2)CC1)N1C(=O)[C@@](C)(CC(=O)O)C[C@H](c2cccc(Cl)c2)[C@H]1c1ccc(Cl)cc1. The molecule has 0 bridgehead atoms. The number of halogens is 3. The third-order valence-corrected chi connectivity index (χ3v) is 18.3. The van der Waals surface area contributed by atoms with Crippen molar-refractivity contribution in [1.82, 2.24) is 48.5 Å². The van der Waals surface area contributed by atoms with Crippen molar-refractivity contribution in [1.29, 1.82) is 0 Å². The summed E-state index contributed by atoms with van der Waals surface area (Å²) in [6, 6.07) is 16.7. The van der Waals surface area contributed by atoms with Crippen molar-refractivity contribution < 1.29 is 46.6 Å². The fourth-order valence-electron chi connectivity index (χ4n) is 11.4. The number of nitrogens with zero attached hydrogens (tertiary/aromatic N) is 9. The van der Waals surface area contributed by atoms with Gasteiger partial charge in [-0.25, -0.2) is 22.8 Å². The quantitative estimate of drug-likeness (QED) is 0.0798. The summed E-state index contributed by atoms with van der Waals surface area (Å²) < 4.78 is 53.8. The molecule has 1 aliphatic carbocycles. The molecule has 4 atom stereocenters. The second kappa shape index (κ2) is 23.1. The number of fused-ring (bicyclic) bond motifs is 1. The molecule has 0 unspecified atom stereocenters. The summed E-state index contributed by atoms with van der Waals surface area (Å²) in [5.74, 6) is -3.78. The summed E-state index contributed by atoms with van der Waals surface area (Å²) in [4.78, 5) is 83.3. The van der Waals surface area contributed by atoms with Gasteiger partial charge in [0.1, 0.15) is 19.0 Å². The predicted octanol–water partition coefficient (Wildman–Crippen LogP) is 7.61. The number of aliphatic carboxylic acids is 1. The number of imidazole rings is 1. The van der Waals surface area contributed by atoms with E-state index in [-0.39, 0.29) is 75.9 Å². The average molecular weight is 1170 g/mol. The number of H-pyrrole nitrogens is 1. The second-order valence-corrected chi connectivity index (χ2v) is 25.6. The van der Waals surface area contributed by atoms with Crippen LogP contribution in [0.2, 0.25) is 10.0 Å². The summed E-state index contributed by atoms with van der Waals surface area (Å²) in [5, 5.41) is 21.0. The van der Waals surface area contributed by atoms with Crippen molar-refractivity contribution in [2.24, 2.45) is 10.8 Å². The van der Waals surface area contributed by atoms with Crippen molar-refractivity contribution in [2.75, 3.05) is 76.6 Å². The number of sulfonamides is 1. The first-order valence-electron chi connectivity index (χ1n) is 27.0. The number of benzene rings is 3. The van der Waals surface area contributed by atoms with Crippen LogP contribution < -0.4 is 5.32 Å². The van der Waals surface area contributed by atoms with Crippen molar-refractivity contribution in [2.45, 2.75) is 77.3 Å². The molecule has 81 heavy (non-hydrogen) atoms. The van der Waals surface area contributed by atoms with Gasteiger partial charge in [-0.15, -0.1) is 0 Å². The van der Waals surface area contributed by atoms with E-state index < -0.39 is 93.8 Å². The molecule has 1 saturated carbocycles. The van der Waals surface area contributed by atoms with E-state index in [0.29, 0.717) is 33.0 Å². The minimum absolute atomic E-state index is 0.0346. The zero-order chi connectivity index (χ0) is 57.5. The monoisotopic (exact) mass is 1170 g/mol. The molecule has 10 rings (SSSR count). The number of likely N-dealkylation sites (tertiary alicyclic amines) is 1. The molecule has 6 aromatic rings. The number of carboxylic acids is 1. The van der Waals surface area contributed by atoms with Gasteiger partial charge in [-0.05, 0) is 78.3 Å². The first-order chi connectivity index (χ1) is 38.6. The maximum atomic E-state index is 15.8. The highest BCUT2D eigenvalue weighted by Crippen LogP contribution is 2.54. The number of piperazine rings is 2. The second-order valence-electron chi connectivity index (χ2n) is 22.7.